The Morgan fingerprint density at radius 2 is 0.600 bits per heavy atom. The fourth-order valence-electron chi connectivity index (χ4n) is 6.58. The summed E-state index contributed by atoms with van der Waals surface area (Å²) in [5.41, 5.74) is 0. The van der Waals surface area contributed by atoms with E-state index in [1.165, 1.54) is 6.42 Å². The lowest BCUT2D eigenvalue weighted by Gasteiger charge is -2.18. The molecular formula is C59H94O6. The number of rotatable bonds is 45. The van der Waals surface area contributed by atoms with Gasteiger partial charge in [0.2, 0.25) is 0 Å². The molecule has 0 aromatic carbocycles. The van der Waals surface area contributed by atoms with Gasteiger partial charge in [0.15, 0.2) is 6.10 Å². The molecule has 0 aromatic rings. The average molecular weight is 899 g/mol. The van der Waals surface area contributed by atoms with E-state index in [1.54, 1.807) is 0 Å². The van der Waals surface area contributed by atoms with Crippen molar-refractivity contribution in [3.05, 3.63) is 122 Å². The van der Waals surface area contributed by atoms with Crippen molar-refractivity contribution in [3.8, 4) is 0 Å². The third-order valence-electron chi connectivity index (χ3n) is 10.4. The zero-order valence-electron chi connectivity index (χ0n) is 41.7. The zero-order chi connectivity index (χ0) is 47.2. The molecule has 1 unspecified atom stereocenters. The third-order valence-corrected chi connectivity index (χ3v) is 10.4. The molecule has 65 heavy (non-hydrogen) atoms. The van der Waals surface area contributed by atoms with Crippen molar-refractivity contribution in [1.82, 2.24) is 0 Å². The maximum Gasteiger partial charge on any atom is 0.306 e. The fraction of sp³-hybridized carbons (Fsp3) is 0.610. The van der Waals surface area contributed by atoms with Crippen LogP contribution in [0.25, 0.3) is 0 Å². The zero-order valence-corrected chi connectivity index (χ0v) is 41.7. The Balaban J connectivity index is 4.51. The Morgan fingerprint density at radius 1 is 0.323 bits per heavy atom. The Bertz CT molecular complexity index is 1400. The fourth-order valence-corrected chi connectivity index (χ4v) is 6.58. The van der Waals surface area contributed by atoms with E-state index < -0.39 is 6.10 Å². The van der Waals surface area contributed by atoms with Crippen LogP contribution in [0.1, 0.15) is 213 Å². The molecule has 6 heteroatoms. The first-order chi connectivity index (χ1) is 32.0. The van der Waals surface area contributed by atoms with Gasteiger partial charge in [0.1, 0.15) is 13.2 Å². The smallest absolute Gasteiger partial charge is 0.306 e. The maximum absolute atomic E-state index is 12.8. The third kappa shape index (κ3) is 50.7. The number of carbonyl (C=O) groups is 3. The number of hydrogen-bond acceptors (Lipinski definition) is 6. The van der Waals surface area contributed by atoms with Crippen LogP contribution in [0.15, 0.2) is 122 Å². The Kier molecular flexibility index (Phi) is 49.1. The van der Waals surface area contributed by atoms with Crippen LogP contribution in [-0.2, 0) is 28.6 Å². The highest BCUT2D eigenvalue weighted by atomic mass is 16.6. The quantitative estimate of drug-likeness (QED) is 0.0262. The predicted octanol–water partition coefficient (Wildman–Crippen LogP) is 17.3. The monoisotopic (exact) mass is 899 g/mol. The van der Waals surface area contributed by atoms with E-state index >= 15 is 0 Å². The van der Waals surface area contributed by atoms with Crippen molar-refractivity contribution in [1.29, 1.82) is 0 Å². The van der Waals surface area contributed by atoms with E-state index in [1.807, 2.05) is 0 Å². The molecule has 0 heterocycles. The number of ether oxygens (including phenoxy) is 3. The molecule has 0 aliphatic rings. The second-order valence-electron chi connectivity index (χ2n) is 16.7. The molecule has 0 aliphatic carbocycles. The van der Waals surface area contributed by atoms with Gasteiger partial charge in [0.25, 0.3) is 0 Å². The number of unbranched alkanes of at least 4 members (excludes halogenated alkanes) is 14. The van der Waals surface area contributed by atoms with Crippen molar-refractivity contribution in [2.75, 3.05) is 13.2 Å². The van der Waals surface area contributed by atoms with Crippen molar-refractivity contribution in [3.63, 3.8) is 0 Å². The first-order valence-corrected chi connectivity index (χ1v) is 26.0. The molecule has 366 valence electrons. The second kappa shape index (κ2) is 52.4. The van der Waals surface area contributed by atoms with Crippen LogP contribution in [0, 0.1) is 0 Å². The molecule has 0 aliphatic heterocycles. The molecule has 6 nitrogen and oxygen atoms in total. The van der Waals surface area contributed by atoms with Crippen molar-refractivity contribution >= 4 is 17.9 Å². The highest BCUT2D eigenvalue weighted by molar-refractivity contribution is 5.71. The summed E-state index contributed by atoms with van der Waals surface area (Å²) in [7, 11) is 0. The lowest BCUT2D eigenvalue weighted by molar-refractivity contribution is -0.167. The summed E-state index contributed by atoms with van der Waals surface area (Å²) in [4.78, 5) is 38.0. The highest BCUT2D eigenvalue weighted by Crippen LogP contribution is 2.12. The van der Waals surface area contributed by atoms with Crippen LogP contribution in [0.3, 0.4) is 0 Å². The van der Waals surface area contributed by atoms with Gasteiger partial charge >= 0.3 is 17.9 Å². The molecule has 0 saturated heterocycles. The van der Waals surface area contributed by atoms with Crippen LogP contribution < -0.4 is 0 Å². The summed E-state index contributed by atoms with van der Waals surface area (Å²) in [6.45, 7) is 6.27. The maximum atomic E-state index is 12.8. The summed E-state index contributed by atoms with van der Waals surface area (Å²) in [5, 5.41) is 0. The van der Waals surface area contributed by atoms with Crippen molar-refractivity contribution in [2.45, 2.75) is 219 Å². The highest BCUT2D eigenvalue weighted by Gasteiger charge is 2.19. The molecule has 0 bridgehead atoms. The van der Waals surface area contributed by atoms with Crippen LogP contribution in [0.5, 0.6) is 0 Å². The van der Waals surface area contributed by atoms with Gasteiger partial charge in [-0.15, -0.1) is 0 Å². The Labute approximate surface area is 399 Å². The normalized spacial score (nSPS) is 13.1. The number of hydrogen-bond donors (Lipinski definition) is 0. The molecule has 0 aromatic heterocycles. The van der Waals surface area contributed by atoms with Gasteiger partial charge in [-0.2, -0.15) is 0 Å². The summed E-state index contributed by atoms with van der Waals surface area (Å²) in [6.07, 6.45) is 71.8. The largest absolute Gasteiger partial charge is 0.462 e. The van der Waals surface area contributed by atoms with Crippen LogP contribution in [0.2, 0.25) is 0 Å². The van der Waals surface area contributed by atoms with E-state index in [9.17, 15) is 14.4 Å². The Hall–Kier alpha value is -4.19. The number of esters is 3. The molecular weight excluding hydrogens is 805 g/mol. The average Bonchev–Trinajstić information content (AvgIpc) is 3.30. The minimum Gasteiger partial charge on any atom is -0.462 e. The van der Waals surface area contributed by atoms with Gasteiger partial charge in [0, 0.05) is 19.3 Å². The summed E-state index contributed by atoms with van der Waals surface area (Å²) >= 11 is 0. The first-order valence-electron chi connectivity index (χ1n) is 26.0. The molecule has 0 rings (SSSR count). The van der Waals surface area contributed by atoms with Crippen LogP contribution in [-0.4, -0.2) is 37.2 Å². The first kappa shape index (κ1) is 60.8. The van der Waals surface area contributed by atoms with E-state index in [-0.39, 0.29) is 31.1 Å². The summed E-state index contributed by atoms with van der Waals surface area (Å²) < 4.78 is 16.8. The molecule has 0 amide bonds. The molecule has 0 spiro atoms. The van der Waals surface area contributed by atoms with Crippen molar-refractivity contribution in [2.24, 2.45) is 0 Å². The van der Waals surface area contributed by atoms with Crippen LogP contribution in [0.4, 0.5) is 0 Å². The molecule has 0 N–H and O–H groups in total. The van der Waals surface area contributed by atoms with E-state index in [4.69, 9.17) is 14.2 Å². The standard InChI is InChI=1S/C59H94O6/c1-4-7-10-13-16-19-22-25-27-28-29-30-32-34-37-40-43-46-49-52-58(61)64-55-56(54-63-57(60)51-48-45-42-39-36-33-24-21-18-15-12-9-6-3)65-59(62)53-50-47-44-41-38-35-31-26-23-20-17-14-11-8-5-2/h7-8,10-12,15-17,19-21,24-27,29-31,34,37,56H,4-6,9,13-14,18,22-23,28,32-33,35-36,38-55H2,1-3H3/b10-7-,11-8-,15-12-,19-16-,20-17-,24-21-,27-25-,30-29-,31-26-,37-34-. The summed E-state index contributed by atoms with van der Waals surface area (Å²) in [6, 6.07) is 0. The van der Waals surface area contributed by atoms with E-state index in [2.05, 4.69) is 142 Å². The predicted molar refractivity (Wildman–Crippen MR) is 279 cm³/mol. The van der Waals surface area contributed by atoms with Gasteiger partial charge in [-0.1, -0.05) is 194 Å². The SMILES string of the molecule is CC/C=C\C/C=C\C/C=C\C/C=C\C/C=C\CCCCCC(=O)OCC(COC(=O)CCCCCCC/C=C\C/C=C\CCC)OC(=O)CCCCCCC/C=C\C/C=C\C/C=C\CC. The minimum absolute atomic E-state index is 0.107. The molecule has 0 fully saturated rings. The number of carbonyl (C=O) groups excluding carboxylic acids is 3. The lowest BCUT2D eigenvalue weighted by atomic mass is 10.1. The number of allylic oxidation sites excluding steroid dienone is 20. The summed E-state index contributed by atoms with van der Waals surface area (Å²) in [5.74, 6) is -0.978. The molecule has 0 saturated carbocycles. The van der Waals surface area contributed by atoms with Gasteiger partial charge in [-0.25, -0.2) is 0 Å². The van der Waals surface area contributed by atoms with Gasteiger partial charge in [0.05, 0.1) is 0 Å². The van der Waals surface area contributed by atoms with E-state index in [0.29, 0.717) is 19.3 Å². The Morgan fingerprint density at radius 3 is 0.954 bits per heavy atom. The van der Waals surface area contributed by atoms with Gasteiger partial charge < -0.3 is 14.2 Å². The molecule has 1 atom stereocenters. The van der Waals surface area contributed by atoms with Gasteiger partial charge in [-0.3, -0.25) is 14.4 Å². The second-order valence-corrected chi connectivity index (χ2v) is 16.7. The molecule has 0 radical (unpaired) electrons. The van der Waals surface area contributed by atoms with Gasteiger partial charge in [-0.05, 0) is 122 Å². The minimum atomic E-state index is -0.810. The van der Waals surface area contributed by atoms with Crippen LogP contribution >= 0.6 is 0 Å². The van der Waals surface area contributed by atoms with Crippen molar-refractivity contribution < 1.29 is 28.6 Å². The lowest BCUT2D eigenvalue weighted by Crippen LogP contribution is -2.30. The van der Waals surface area contributed by atoms with E-state index in [0.717, 1.165) is 167 Å². The topological polar surface area (TPSA) is 78.9 Å².